The minimum absolute atomic E-state index is 0.150. The van der Waals surface area contributed by atoms with Crippen molar-refractivity contribution in [3.63, 3.8) is 0 Å². The van der Waals surface area contributed by atoms with Crippen LogP contribution in [-0.4, -0.2) is 9.78 Å². The summed E-state index contributed by atoms with van der Waals surface area (Å²) in [5, 5.41) is 14.2. The molecular formula is C17H27N3. The van der Waals surface area contributed by atoms with E-state index in [1.165, 1.54) is 31.4 Å². The molecule has 3 heteroatoms. The van der Waals surface area contributed by atoms with E-state index in [9.17, 15) is 5.26 Å². The van der Waals surface area contributed by atoms with Crippen LogP contribution in [0, 0.1) is 22.7 Å². The molecule has 1 aliphatic carbocycles. The van der Waals surface area contributed by atoms with Crippen molar-refractivity contribution in [1.82, 2.24) is 9.78 Å². The van der Waals surface area contributed by atoms with Gasteiger partial charge in [-0.15, -0.1) is 0 Å². The molecule has 3 nitrogen and oxygen atoms in total. The first-order valence-electron chi connectivity index (χ1n) is 8.05. The van der Waals surface area contributed by atoms with Gasteiger partial charge in [0.25, 0.3) is 0 Å². The second kappa shape index (κ2) is 6.43. The molecule has 0 atom stereocenters. The van der Waals surface area contributed by atoms with Crippen LogP contribution in [0.5, 0.6) is 0 Å². The monoisotopic (exact) mass is 273 g/mol. The van der Waals surface area contributed by atoms with Crippen LogP contribution in [0.3, 0.4) is 0 Å². The Bertz CT molecular complexity index is 473. The average Bonchev–Trinajstić information content (AvgIpc) is 2.82. The second-order valence-corrected chi connectivity index (χ2v) is 6.41. The van der Waals surface area contributed by atoms with Crippen molar-refractivity contribution in [2.24, 2.45) is 18.4 Å². The third-order valence-corrected chi connectivity index (χ3v) is 4.91. The van der Waals surface area contributed by atoms with Crippen LogP contribution in [0.25, 0.3) is 0 Å². The largest absolute Gasteiger partial charge is 0.272 e. The average molecular weight is 273 g/mol. The summed E-state index contributed by atoms with van der Waals surface area (Å²) in [7, 11) is 2.00. The Kier molecular flexibility index (Phi) is 4.86. The summed E-state index contributed by atoms with van der Waals surface area (Å²) in [6.45, 7) is 4.39. The third-order valence-electron chi connectivity index (χ3n) is 4.91. The maximum atomic E-state index is 9.69. The second-order valence-electron chi connectivity index (χ2n) is 6.41. The Morgan fingerprint density at radius 1 is 1.40 bits per heavy atom. The van der Waals surface area contributed by atoms with E-state index in [-0.39, 0.29) is 5.41 Å². The molecule has 0 unspecified atom stereocenters. The molecule has 0 bridgehead atoms. The minimum atomic E-state index is -0.150. The van der Waals surface area contributed by atoms with E-state index >= 15 is 0 Å². The highest BCUT2D eigenvalue weighted by Gasteiger charge is 2.36. The van der Waals surface area contributed by atoms with Gasteiger partial charge in [-0.3, -0.25) is 4.68 Å². The van der Waals surface area contributed by atoms with E-state index in [0.29, 0.717) is 0 Å². The zero-order chi connectivity index (χ0) is 14.6. The molecule has 0 saturated heterocycles. The Balaban J connectivity index is 2.06. The van der Waals surface area contributed by atoms with Gasteiger partial charge in [0, 0.05) is 19.2 Å². The number of nitrogens with zero attached hydrogens (tertiary/aromatic N) is 3. The Labute approximate surface area is 123 Å². The molecule has 0 amide bonds. The lowest BCUT2D eigenvalue weighted by Gasteiger charge is -2.35. The molecule has 1 aromatic heterocycles. The van der Waals surface area contributed by atoms with Gasteiger partial charge >= 0.3 is 0 Å². The highest BCUT2D eigenvalue weighted by Crippen LogP contribution is 2.42. The number of hydrogen-bond acceptors (Lipinski definition) is 2. The fourth-order valence-electron chi connectivity index (χ4n) is 3.51. The van der Waals surface area contributed by atoms with Crippen molar-refractivity contribution in [3.05, 3.63) is 17.5 Å². The van der Waals surface area contributed by atoms with Crippen LogP contribution in [-0.2, 0) is 19.9 Å². The highest BCUT2D eigenvalue weighted by molar-refractivity contribution is 5.16. The third kappa shape index (κ3) is 3.23. The summed E-state index contributed by atoms with van der Waals surface area (Å²) in [6, 6.07) is 4.82. The summed E-state index contributed by atoms with van der Waals surface area (Å²) in [6.07, 6.45) is 8.98. The summed E-state index contributed by atoms with van der Waals surface area (Å²) >= 11 is 0. The van der Waals surface area contributed by atoms with Crippen molar-refractivity contribution in [3.8, 4) is 6.07 Å². The van der Waals surface area contributed by atoms with Crippen LogP contribution < -0.4 is 0 Å². The molecule has 110 valence electrons. The quantitative estimate of drug-likeness (QED) is 0.813. The van der Waals surface area contributed by atoms with Gasteiger partial charge in [-0.05, 0) is 44.1 Å². The van der Waals surface area contributed by atoms with Crippen molar-refractivity contribution in [1.29, 1.82) is 5.26 Å². The molecule has 0 aliphatic heterocycles. The Morgan fingerprint density at radius 3 is 2.60 bits per heavy atom. The van der Waals surface area contributed by atoms with Gasteiger partial charge < -0.3 is 0 Å². The fourth-order valence-corrected chi connectivity index (χ4v) is 3.51. The molecule has 1 aliphatic rings. The number of aryl methyl sites for hydroxylation is 2. The first-order valence-corrected chi connectivity index (χ1v) is 8.05. The molecule has 0 spiro atoms. The normalized spacial score (nSPS) is 26.4. The predicted molar refractivity (Wildman–Crippen MR) is 81.2 cm³/mol. The number of nitriles is 1. The molecule has 2 rings (SSSR count). The van der Waals surface area contributed by atoms with Crippen LogP contribution in [0.1, 0.15) is 63.8 Å². The minimum Gasteiger partial charge on any atom is -0.272 e. The number of aromatic nitrogens is 2. The first kappa shape index (κ1) is 15.1. The number of rotatable bonds is 5. The van der Waals surface area contributed by atoms with Crippen LogP contribution in [0.4, 0.5) is 0 Å². The summed E-state index contributed by atoms with van der Waals surface area (Å²) in [4.78, 5) is 0. The van der Waals surface area contributed by atoms with Gasteiger partial charge in [0.05, 0.1) is 17.2 Å². The predicted octanol–water partition coefficient (Wildman–Crippen LogP) is 4.03. The highest BCUT2D eigenvalue weighted by atomic mass is 15.3. The molecule has 1 aromatic rings. The van der Waals surface area contributed by atoms with E-state index in [4.69, 9.17) is 0 Å². The summed E-state index contributed by atoms with van der Waals surface area (Å²) in [5.41, 5.74) is 2.20. The molecule has 0 N–H and O–H groups in total. The van der Waals surface area contributed by atoms with Crippen molar-refractivity contribution >= 4 is 0 Å². The van der Waals surface area contributed by atoms with Gasteiger partial charge in [0.1, 0.15) is 0 Å². The lowest BCUT2D eigenvalue weighted by atomic mass is 9.68. The molecule has 20 heavy (non-hydrogen) atoms. The standard InChI is InChI=1S/C17H27N3/c1-4-6-14-7-9-17(13-18,10-8-14)12-16-11-15(5-2)19-20(16)3/h11,14H,4-10,12H2,1-3H3. The number of hydrogen-bond donors (Lipinski definition) is 0. The molecular weight excluding hydrogens is 246 g/mol. The molecule has 1 heterocycles. The lowest BCUT2D eigenvalue weighted by molar-refractivity contribution is 0.198. The van der Waals surface area contributed by atoms with Crippen molar-refractivity contribution in [2.45, 2.75) is 65.2 Å². The van der Waals surface area contributed by atoms with E-state index in [2.05, 4.69) is 31.1 Å². The molecule has 0 radical (unpaired) electrons. The Morgan fingerprint density at radius 2 is 2.10 bits per heavy atom. The molecule has 1 saturated carbocycles. The SMILES string of the molecule is CCCC1CCC(C#N)(Cc2cc(CC)nn2C)CC1. The zero-order valence-corrected chi connectivity index (χ0v) is 13.2. The van der Waals surface area contributed by atoms with Crippen LogP contribution >= 0.6 is 0 Å². The van der Waals surface area contributed by atoms with Gasteiger partial charge in [-0.2, -0.15) is 10.4 Å². The van der Waals surface area contributed by atoms with Gasteiger partial charge in [0.15, 0.2) is 0 Å². The van der Waals surface area contributed by atoms with Crippen LogP contribution in [0.2, 0.25) is 0 Å². The van der Waals surface area contributed by atoms with Crippen LogP contribution in [0.15, 0.2) is 6.07 Å². The van der Waals surface area contributed by atoms with E-state index in [0.717, 1.165) is 37.3 Å². The lowest BCUT2D eigenvalue weighted by Crippen LogP contribution is -2.29. The van der Waals surface area contributed by atoms with Crippen molar-refractivity contribution < 1.29 is 0 Å². The molecule has 1 fully saturated rings. The maximum Gasteiger partial charge on any atom is 0.0693 e. The molecule has 0 aromatic carbocycles. The zero-order valence-electron chi connectivity index (χ0n) is 13.2. The maximum absolute atomic E-state index is 9.69. The van der Waals surface area contributed by atoms with E-state index < -0.39 is 0 Å². The topological polar surface area (TPSA) is 41.6 Å². The van der Waals surface area contributed by atoms with Gasteiger partial charge in [0.2, 0.25) is 0 Å². The first-order chi connectivity index (χ1) is 9.62. The summed E-state index contributed by atoms with van der Waals surface area (Å²) in [5.74, 6) is 0.846. The van der Waals surface area contributed by atoms with Gasteiger partial charge in [-0.25, -0.2) is 0 Å². The summed E-state index contributed by atoms with van der Waals surface area (Å²) < 4.78 is 1.97. The smallest absolute Gasteiger partial charge is 0.0693 e. The van der Waals surface area contributed by atoms with E-state index in [1.54, 1.807) is 0 Å². The Hall–Kier alpha value is -1.30. The van der Waals surface area contributed by atoms with E-state index in [1.807, 2.05) is 11.7 Å². The fraction of sp³-hybridized carbons (Fsp3) is 0.765. The van der Waals surface area contributed by atoms with Crippen molar-refractivity contribution in [2.75, 3.05) is 0 Å². The van der Waals surface area contributed by atoms with Gasteiger partial charge in [-0.1, -0.05) is 26.7 Å².